The van der Waals surface area contributed by atoms with Gasteiger partial charge in [0.05, 0.1) is 0 Å². The van der Waals surface area contributed by atoms with Crippen LogP contribution in [0.2, 0.25) is 0 Å². The van der Waals surface area contributed by atoms with Gasteiger partial charge in [-0.2, -0.15) is 4.98 Å². The Balaban J connectivity index is 1.41. The summed E-state index contributed by atoms with van der Waals surface area (Å²) in [4.78, 5) is 13.3. The molecule has 4 rings (SSSR count). The van der Waals surface area contributed by atoms with Crippen molar-refractivity contribution in [1.82, 2.24) is 14.9 Å². The minimum absolute atomic E-state index is 0.741. The second kappa shape index (κ2) is 5.77. The highest BCUT2D eigenvalue weighted by molar-refractivity contribution is 5.74. The van der Waals surface area contributed by atoms with Crippen LogP contribution in [0.3, 0.4) is 0 Å². The number of hydrogen-bond donors (Lipinski definition) is 0. The van der Waals surface area contributed by atoms with Gasteiger partial charge in [-0.1, -0.05) is 12.1 Å². The van der Waals surface area contributed by atoms with Gasteiger partial charge in [0.25, 0.3) is 6.01 Å². The number of para-hydroxylation sites is 2. The standard InChI is InChI=1S/C17H18N4O/c1-2-4-16-15(3-1)19-17(22-16)21-11-9-20(10-12-21)13-14-5-7-18-8-6-14/h1-8H,9-13H2. The first kappa shape index (κ1) is 13.3. The van der Waals surface area contributed by atoms with Gasteiger partial charge >= 0.3 is 0 Å². The van der Waals surface area contributed by atoms with E-state index >= 15 is 0 Å². The van der Waals surface area contributed by atoms with E-state index in [0.29, 0.717) is 0 Å². The maximum atomic E-state index is 5.85. The third-order valence-electron chi connectivity index (χ3n) is 4.08. The molecule has 3 heterocycles. The first-order chi connectivity index (χ1) is 10.9. The number of anilines is 1. The first-order valence-corrected chi connectivity index (χ1v) is 7.60. The monoisotopic (exact) mass is 294 g/mol. The van der Waals surface area contributed by atoms with Gasteiger partial charge in [0.2, 0.25) is 0 Å². The van der Waals surface area contributed by atoms with Crippen molar-refractivity contribution in [2.45, 2.75) is 6.54 Å². The number of oxazole rings is 1. The maximum absolute atomic E-state index is 5.85. The lowest BCUT2D eigenvalue weighted by molar-refractivity contribution is 0.245. The van der Waals surface area contributed by atoms with Crippen LogP contribution in [0.15, 0.2) is 53.2 Å². The molecule has 1 aliphatic heterocycles. The zero-order valence-electron chi connectivity index (χ0n) is 12.4. The third kappa shape index (κ3) is 2.67. The third-order valence-corrected chi connectivity index (χ3v) is 4.08. The molecule has 2 aromatic heterocycles. The Morgan fingerprint density at radius 3 is 2.50 bits per heavy atom. The predicted octanol–water partition coefficient (Wildman–Crippen LogP) is 2.55. The van der Waals surface area contributed by atoms with Crippen molar-refractivity contribution < 1.29 is 4.42 Å². The van der Waals surface area contributed by atoms with Gasteiger partial charge in [0, 0.05) is 45.1 Å². The van der Waals surface area contributed by atoms with E-state index in [-0.39, 0.29) is 0 Å². The van der Waals surface area contributed by atoms with E-state index in [4.69, 9.17) is 4.42 Å². The number of piperazine rings is 1. The van der Waals surface area contributed by atoms with Crippen LogP contribution in [0, 0.1) is 0 Å². The molecule has 1 aromatic carbocycles. The maximum Gasteiger partial charge on any atom is 0.298 e. The van der Waals surface area contributed by atoms with Crippen molar-refractivity contribution in [3.05, 3.63) is 54.4 Å². The zero-order valence-corrected chi connectivity index (χ0v) is 12.4. The summed E-state index contributed by atoms with van der Waals surface area (Å²) < 4.78 is 5.85. The van der Waals surface area contributed by atoms with E-state index in [0.717, 1.165) is 49.8 Å². The fourth-order valence-electron chi connectivity index (χ4n) is 2.84. The fourth-order valence-corrected chi connectivity index (χ4v) is 2.84. The molecule has 1 aliphatic rings. The Bertz CT molecular complexity index is 714. The van der Waals surface area contributed by atoms with Crippen molar-refractivity contribution in [3.63, 3.8) is 0 Å². The van der Waals surface area contributed by atoms with E-state index in [2.05, 4.69) is 31.9 Å². The van der Waals surface area contributed by atoms with Gasteiger partial charge < -0.3 is 9.32 Å². The molecule has 0 bridgehead atoms. The number of rotatable bonds is 3. The molecule has 112 valence electrons. The summed E-state index contributed by atoms with van der Waals surface area (Å²) in [6, 6.07) is 12.8. The van der Waals surface area contributed by atoms with Crippen molar-refractivity contribution in [3.8, 4) is 0 Å². The van der Waals surface area contributed by atoms with Crippen LogP contribution < -0.4 is 4.90 Å². The van der Waals surface area contributed by atoms with E-state index in [9.17, 15) is 0 Å². The smallest absolute Gasteiger partial charge is 0.298 e. The van der Waals surface area contributed by atoms with Crippen LogP contribution in [0.1, 0.15) is 5.56 Å². The van der Waals surface area contributed by atoms with E-state index in [1.54, 1.807) is 0 Å². The summed E-state index contributed by atoms with van der Waals surface area (Å²) in [5.74, 6) is 0. The summed E-state index contributed by atoms with van der Waals surface area (Å²) in [6.45, 7) is 4.89. The van der Waals surface area contributed by atoms with Crippen LogP contribution in [0.4, 0.5) is 6.01 Å². The van der Waals surface area contributed by atoms with Gasteiger partial charge in [0.1, 0.15) is 5.52 Å². The Labute approximate surface area is 129 Å². The lowest BCUT2D eigenvalue weighted by Crippen LogP contribution is -2.46. The van der Waals surface area contributed by atoms with Crippen LogP contribution in [0.25, 0.3) is 11.1 Å². The Morgan fingerprint density at radius 1 is 0.955 bits per heavy atom. The lowest BCUT2D eigenvalue weighted by atomic mass is 10.2. The summed E-state index contributed by atoms with van der Waals surface area (Å²) in [6.07, 6.45) is 3.70. The average molecular weight is 294 g/mol. The Hall–Kier alpha value is -2.40. The van der Waals surface area contributed by atoms with Crippen LogP contribution >= 0.6 is 0 Å². The van der Waals surface area contributed by atoms with Gasteiger partial charge in [-0.25, -0.2) is 0 Å². The molecule has 0 saturated carbocycles. The largest absolute Gasteiger partial charge is 0.423 e. The predicted molar refractivity (Wildman–Crippen MR) is 85.7 cm³/mol. The number of fused-ring (bicyclic) bond motifs is 1. The average Bonchev–Trinajstić information content (AvgIpc) is 3.00. The molecular weight excluding hydrogens is 276 g/mol. The summed E-state index contributed by atoms with van der Waals surface area (Å²) in [7, 11) is 0. The Morgan fingerprint density at radius 2 is 1.73 bits per heavy atom. The molecule has 5 nitrogen and oxygen atoms in total. The van der Waals surface area contributed by atoms with Crippen LogP contribution in [-0.4, -0.2) is 41.0 Å². The van der Waals surface area contributed by atoms with Gasteiger partial charge in [-0.3, -0.25) is 9.88 Å². The molecule has 22 heavy (non-hydrogen) atoms. The van der Waals surface area contributed by atoms with Gasteiger partial charge in [-0.05, 0) is 29.8 Å². The van der Waals surface area contributed by atoms with Crippen molar-refractivity contribution in [2.75, 3.05) is 31.1 Å². The number of nitrogens with zero attached hydrogens (tertiary/aromatic N) is 4. The molecule has 0 N–H and O–H groups in total. The highest BCUT2D eigenvalue weighted by atomic mass is 16.4. The summed E-state index contributed by atoms with van der Waals surface area (Å²) in [5, 5.41) is 0. The Kier molecular flexibility index (Phi) is 3.48. The SMILES string of the molecule is c1ccc2oc(N3CCN(Cc4ccncc4)CC3)nc2c1. The van der Waals surface area contributed by atoms with E-state index in [1.807, 2.05) is 36.7 Å². The van der Waals surface area contributed by atoms with Crippen molar-refractivity contribution >= 4 is 17.1 Å². The van der Waals surface area contributed by atoms with E-state index in [1.165, 1.54) is 5.56 Å². The molecule has 1 saturated heterocycles. The molecule has 0 amide bonds. The van der Waals surface area contributed by atoms with Crippen molar-refractivity contribution in [2.24, 2.45) is 0 Å². The second-order valence-electron chi connectivity index (χ2n) is 5.58. The molecule has 0 atom stereocenters. The zero-order chi connectivity index (χ0) is 14.8. The summed E-state index contributed by atoms with van der Waals surface area (Å²) >= 11 is 0. The molecule has 1 fully saturated rings. The molecule has 0 spiro atoms. The highest BCUT2D eigenvalue weighted by Gasteiger charge is 2.20. The minimum atomic E-state index is 0.741. The first-order valence-electron chi connectivity index (χ1n) is 7.60. The van der Waals surface area contributed by atoms with Gasteiger partial charge in [0.15, 0.2) is 5.58 Å². The number of benzene rings is 1. The summed E-state index contributed by atoms with van der Waals surface area (Å²) in [5.41, 5.74) is 3.10. The molecule has 0 aliphatic carbocycles. The van der Waals surface area contributed by atoms with Crippen LogP contribution in [0.5, 0.6) is 0 Å². The normalized spacial score (nSPS) is 16.3. The molecule has 0 radical (unpaired) electrons. The second-order valence-corrected chi connectivity index (χ2v) is 5.58. The molecule has 0 unspecified atom stereocenters. The number of hydrogen-bond acceptors (Lipinski definition) is 5. The molecular formula is C17H18N4O. The van der Waals surface area contributed by atoms with Crippen LogP contribution in [-0.2, 0) is 6.54 Å². The van der Waals surface area contributed by atoms with Gasteiger partial charge in [-0.15, -0.1) is 0 Å². The fraction of sp³-hybridized carbons (Fsp3) is 0.294. The molecule has 3 aromatic rings. The quantitative estimate of drug-likeness (QED) is 0.743. The minimum Gasteiger partial charge on any atom is -0.423 e. The van der Waals surface area contributed by atoms with E-state index < -0.39 is 0 Å². The molecule has 5 heteroatoms. The lowest BCUT2D eigenvalue weighted by Gasteiger charge is -2.33. The van der Waals surface area contributed by atoms with Crippen molar-refractivity contribution in [1.29, 1.82) is 0 Å². The topological polar surface area (TPSA) is 45.4 Å². The number of aromatic nitrogens is 2. The number of pyridine rings is 1. The highest BCUT2D eigenvalue weighted by Crippen LogP contribution is 2.22.